The lowest BCUT2D eigenvalue weighted by Gasteiger charge is -2.29. The molecule has 2 aromatic rings. The Morgan fingerprint density at radius 3 is 2.81 bits per heavy atom. The van der Waals surface area contributed by atoms with E-state index >= 15 is 0 Å². The molecule has 2 heterocycles. The van der Waals surface area contributed by atoms with Gasteiger partial charge >= 0.3 is 0 Å². The highest BCUT2D eigenvalue weighted by molar-refractivity contribution is 7.99. The zero-order valence-electron chi connectivity index (χ0n) is 18.0. The van der Waals surface area contributed by atoms with E-state index in [1.54, 1.807) is 7.11 Å². The van der Waals surface area contributed by atoms with Gasteiger partial charge in [0.1, 0.15) is 12.3 Å². The van der Waals surface area contributed by atoms with Crippen molar-refractivity contribution in [3.05, 3.63) is 35.9 Å². The third kappa shape index (κ3) is 6.99. The molecule has 1 N–H and O–H groups in total. The smallest absolute Gasteiger partial charge is 0.232 e. The number of thioether (sulfide) groups is 1. The van der Waals surface area contributed by atoms with Gasteiger partial charge in [-0.15, -0.1) is 6.42 Å². The maximum absolute atomic E-state index is 10.5. The quantitative estimate of drug-likeness (QED) is 0.394. The fourth-order valence-corrected chi connectivity index (χ4v) is 4.47. The van der Waals surface area contributed by atoms with Crippen molar-refractivity contribution in [1.29, 1.82) is 0 Å². The third-order valence-electron chi connectivity index (χ3n) is 5.07. The Labute approximate surface area is 188 Å². The SMILES string of the molecule is C#CCOC[C@@H](O)CN(CCOC)Cc1c(-c2ccccc2)noc1N1CCSCC1. The van der Waals surface area contributed by atoms with E-state index in [0.29, 0.717) is 26.2 Å². The average molecular weight is 446 g/mol. The number of aliphatic hydroxyl groups is 1. The van der Waals surface area contributed by atoms with Gasteiger partial charge in [-0.2, -0.15) is 11.8 Å². The lowest BCUT2D eigenvalue weighted by molar-refractivity contribution is 0.0208. The van der Waals surface area contributed by atoms with Gasteiger partial charge in [0, 0.05) is 56.9 Å². The standard InChI is InChI=1S/C23H31N3O4S/c1-3-12-29-18-20(27)16-25(9-13-28-2)17-21-22(19-7-5-4-6-8-19)24-30-23(21)26-10-14-31-15-11-26/h1,4-8,20,27H,9-18H2,2H3/t20-/m0/s1. The second-order valence-corrected chi connectivity index (χ2v) is 8.61. The van der Waals surface area contributed by atoms with E-state index < -0.39 is 6.10 Å². The Balaban J connectivity index is 1.83. The Morgan fingerprint density at radius 1 is 1.32 bits per heavy atom. The van der Waals surface area contributed by atoms with Crippen LogP contribution in [0, 0.1) is 12.3 Å². The maximum Gasteiger partial charge on any atom is 0.232 e. The summed E-state index contributed by atoms with van der Waals surface area (Å²) in [6.45, 7) is 4.49. The zero-order chi connectivity index (χ0) is 21.9. The summed E-state index contributed by atoms with van der Waals surface area (Å²) in [5.41, 5.74) is 2.89. The van der Waals surface area contributed by atoms with Gasteiger partial charge in [0.05, 0.1) is 24.9 Å². The van der Waals surface area contributed by atoms with Gasteiger partial charge in [-0.3, -0.25) is 4.90 Å². The molecular weight excluding hydrogens is 414 g/mol. The van der Waals surface area contributed by atoms with Gasteiger partial charge < -0.3 is 24.0 Å². The molecule has 0 aliphatic carbocycles. The first-order valence-electron chi connectivity index (χ1n) is 10.5. The van der Waals surface area contributed by atoms with Gasteiger partial charge in [-0.25, -0.2) is 0 Å². The van der Waals surface area contributed by atoms with Gasteiger partial charge in [0.15, 0.2) is 0 Å². The highest BCUT2D eigenvalue weighted by Crippen LogP contribution is 2.33. The van der Waals surface area contributed by atoms with Crippen LogP contribution in [0.3, 0.4) is 0 Å². The average Bonchev–Trinajstić information content (AvgIpc) is 3.22. The molecule has 3 rings (SSSR count). The number of methoxy groups -OCH3 is 1. The number of anilines is 1. The van der Waals surface area contributed by atoms with Crippen molar-refractivity contribution >= 4 is 17.6 Å². The molecule has 1 aromatic heterocycles. The molecule has 31 heavy (non-hydrogen) atoms. The van der Waals surface area contributed by atoms with Gasteiger partial charge in [0.2, 0.25) is 5.88 Å². The third-order valence-corrected chi connectivity index (χ3v) is 6.01. The summed E-state index contributed by atoms with van der Waals surface area (Å²) < 4.78 is 16.5. The van der Waals surface area contributed by atoms with Crippen LogP contribution in [0.4, 0.5) is 5.88 Å². The van der Waals surface area contributed by atoms with E-state index in [-0.39, 0.29) is 13.2 Å². The molecule has 1 atom stereocenters. The fraction of sp³-hybridized carbons (Fsp3) is 0.522. The Hall–Kier alpha value is -2.02. The molecule has 0 spiro atoms. The molecule has 1 aromatic carbocycles. The van der Waals surface area contributed by atoms with Gasteiger partial charge in [-0.1, -0.05) is 41.4 Å². The van der Waals surface area contributed by atoms with Crippen molar-refractivity contribution in [3.8, 4) is 23.6 Å². The molecule has 8 heteroatoms. The van der Waals surface area contributed by atoms with E-state index in [4.69, 9.17) is 20.4 Å². The number of rotatable bonds is 12. The van der Waals surface area contributed by atoms with E-state index in [2.05, 4.69) is 20.9 Å². The fourth-order valence-electron chi connectivity index (χ4n) is 3.56. The summed E-state index contributed by atoms with van der Waals surface area (Å²) in [5, 5.41) is 14.9. The minimum Gasteiger partial charge on any atom is -0.389 e. The second-order valence-electron chi connectivity index (χ2n) is 7.38. The Morgan fingerprint density at radius 2 is 2.10 bits per heavy atom. The topological polar surface area (TPSA) is 71.2 Å². The van der Waals surface area contributed by atoms with Crippen LogP contribution < -0.4 is 4.90 Å². The summed E-state index contributed by atoms with van der Waals surface area (Å²) in [5.74, 6) is 5.38. The first-order chi connectivity index (χ1) is 15.2. The minimum atomic E-state index is -0.653. The molecule has 0 bridgehead atoms. The van der Waals surface area contributed by atoms with Crippen LogP contribution in [0.15, 0.2) is 34.9 Å². The normalized spacial score (nSPS) is 15.2. The zero-order valence-corrected chi connectivity index (χ0v) is 18.9. The van der Waals surface area contributed by atoms with Gasteiger partial charge in [-0.05, 0) is 0 Å². The molecule has 1 aliphatic heterocycles. The van der Waals surface area contributed by atoms with Crippen molar-refractivity contribution in [2.45, 2.75) is 12.6 Å². The number of aliphatic hydroxyl groups excluding tert-OH is 1. The minimum absolute atomic E-state index is 0.191. The van der Waals surface area contributed by atoms with Crippen LogP contribution in [0.25, 0.3) is 11.3 Å². The highest BCUT2D eigenvalue weighted by Gasteiger charge is 2.26. The molecule has 0 saturated carbocycles. The van der Waals surface area contributed by atoms with Crippen LogP contribution in [-0.2, 0) is 16.0 Å². The van der Waals surface area contributed by atoms with Crippen LogP contribution in [0.2, 0.25) is 0 Å². The molecule has 7 nitrogen and oxygen atoms in total. The van der Waals surface area contributed by atoms with E-state index in [9.17, 15) is 5.11 Å². The first kappa shape index (κ1) is 23.6. The number of hydrogen-bond donors (Lipinski definition) is 1. The number of benzene rings is 1. The molecule has 0 radical (unpaired) electrons. The molecule has 1 aliphatic rings. The summed E-state index contributed by atoms with van der Waals surface area (Å²) in [6.07, 6.45) is 4.57. The molecule has 1 saturated heterocycles. The summed E-state index contributed by atoms with van der Waals surface area (Å²) in [4.78, 5) is 4.42. The maximum atomic E-state index is 10.5. The molecular formula is C23H31N3O4S. The largest absolute Gasteiger partial charge is 0.389 e. The summed E-state index contributed by atoms with van der Waals surface area (Å²) in [7, 11) is 1.68. The van der Waals surface area contributed by atoms with E-state index in [1.807, 2.05) is 42.1 Å². The van der Waals surface area contributed by atoms with Crippen molar-refractivity contribution in [2.75, 3.05) is 69.5 Å². The Bertz CT molecular complexity index is 818. The van der Waals surface area contributed by atoms with Crippen LogP contribution in [-0.4, -0.2) is 85.9 Å². The molecule has 0 amide bonds. The van der Waals surface area contributed by atoms with Crippen LogP contribution in [0.1, 0.15) is 5.56 Å². The predicted molar refractivity (Wildman–Crippen MR) is 124 cm³/mol. The van der Waals surface area contributed by atoms with Crippen molar-refractivity contribution in [1.82, 2.24) is 10.1 Å². The number of ether oxygens (including phenoxy) is 2. The number of nitrogens with zero attached hydrogens (tertiary/aromatic N) is 3. The molecule has 1 fully saturated rings. The number of aromatic nitrogens is 1. The van der Waals surface area contributed by atoms with Gasteiger partial charge in [0.25, 0.3) is 0 Å². The van der Waals surface area contributed by atoms with Crippen molar-refractivity contribution in [3.63, 3.8) is 0 Å². The molecule has 168 valence electrons. The highest BCUT2D eigenvalue weighted by atomic mass is 32.2. The lowest BCUT2D eigenvalue weighted by Crippen LogP contribution is -2.38. The monoisotopic (exact) mass is 445 g/mol. The second kappa shape index (κ2) is 12.7. The lowest BCUT2D eigenvalue weighted by atomic mass is 10.1. The predicted octanol–water partition coefficient (Wildman–Crippen LogP) is 2.35. The first-order valence-corrected chi connectivity index (χ1v) is 11.7. The van der Waals surface area contributed by atoms with Crippen LogP contribution in [0.5, 0.6) is 0 Å². The Kier molecular flexibility index (Phi) is 9.72. The summed E-state index contributed by atoms with van der Waals surface area (Å²) in [6, 6.07) is 10.1. The van der Waals surface area contributed by atoms with Crippen LogP contribution >= 0.6 is 11.8 Å². The van der Waals surface area contributed by atoms with E-state index in [1.165, 1.54) is 0 Å². The van der Waals surface area contributed by atoms with E-state index in [0.717, 1.165) is 47.3 Å². The van der Waals surface area contributed by atoms with Crippen molar-refractivity contribution < 1.29 is 19.1 Å². The molecule has 0 unspecified atom stereocenters. The number of hydrogen-bond acceptors (Lipinski definition) is 8. The number of terminal acetylenes is 1. The summed E-state index contributed by atoms with van der Waals surface area (Å²) >= 11 is 1.95. The van der Waals surface area contributed by atoms with Crippen molar-refractivity contribution in [2.24, 2.45) is 0 Å².